The third-order valence-corrected chi connectivity index (χ3v) is 3.49. The molecule has 0 atom stereocenters. The van der Waals surface area contributed by atoms with Crippen LogP contribution in [-0.4, -0.2) is 48.6 Å². The molecule has 0 unspecified atom stereocenters. The SMILES string of the molecule is CCOC1CCN(C(=O)c2ccnc(NC)c2F)CC1. The Morgan fingerprint density at radius 3 is 2.85 bits per heavy atom. The maximum absolute atomic E-state index is 14.1. The summed E-state index contributed by atoms with van der Waals surface area (Å²) < 4.78 is 19.6. The van der Waals surface area contributed by atoms with Crippen LogP contribution in [0.3, 0.4) is 0 Å². The van der Waals surface area contributed by atoms with Gasteiger partial charge < -0.3 is 15.0 Å². The number of rotatable bonds is 4. The number of nitrogens with zero attached hydrogens (tertiary/aromatic N) is 2. The normalized spacial score (nSPS) is 16.2. The van der Waals surface area contributed by atoms with Gasteiger partial charge in [0.05, 0.1) is 11.7 Å². The number of ether oxygens (including phenoxy) is 1. The van der Waals surface area contributed by atoms with E-state index in [0.29, 0.717) is 19.7 Å². The van der Waals surface area contributed by atoms with Crippen molar-refractivity contribution in [1.82, 2.24) is 9.88 Å². The monoisotopic (exact) mass is 281 g/mol. The lowest BCUT2D eigenvalue weighted by Crippen LogP contribution is -2.41. The standard InChI is InChI=1S/C14H20FN3O2/c1-3-20-10-5-8-18(9-6-10)14(19)11-4-7-17-13(16-2)12(11)15/h4,7,10H,3,5-6,8-9H2,1-2H3,(H,16,17). The van der Waals surface area contributed by atoms with Crippen molar-refractivity contribution in [2.24, 2.45) is 0 Å². The maximum atomic E-state index is 14.1. The van der Waals surface area contributed by atoms with Gasteiger partial charge in [0.2, 0.25) is 0 Å². The minimum absolute atomic E-state index is 0.0687. The summed E-state index contributed by atoms with van der Waals surface area (Å²) in [5.74, 6) is -0.775. The number of amides is 1. The van der Waals surface area contributed by atoms with Crippen LogP contribution >= 0.6 is 0 Å². The van der Waals surface area contributed by atoms with Gasteiger partial charge in [0.1, 0.15) is 0 Å². The number of anilines is 1. The zero-order chi connectivity index (χ0) is 14.5. The van der Waals surface area contributed by atoms with Crippen LogP contribution in [0, 0.1) is 5.82 Å². The van der Waals surface area contributed by atoms with Crippen molar-refractivity contribution in [2.75, 3.05) is 32.1 Å². The van der Waals surface area contributed by atoms with Crippen molar-refractivity contribution in [3.8, 4) is 0 Å². The van der Waals surface area contributed by atoms with Gasteiger partial charge in [-0.2, -0.15) is 0 Å². The molecular formula is C14H20FN3O2. The molecule has 0 aromatic carbocycles. The number of carbonyl (C=O) groups is 1. The average Bonchev–Trinajstić information content (AvgIpc) is 2.48. The summed E-state index contributed by atoms with van der Waals surface area (Å²) in [6, 6.07) is 1.42. The molecule has 2 rings (SSSR count). The molecule has 110 valence electrons. The highest BCUT2D eigenvalue weighted by molar-refractivity contribution is 5.95. The molecule has 1 amide bonds. The quantitative estimate of drug-likeness (QED) is 0.916. The van der Waals surface area contributed by atoms with Crippen LogP contribution in [-0.2, 0) is 4.74 Å². The molecule has 0 aliphatic carbocycles. The Bertz CT molecular complexity index is 473. The molecule has 1 aliphatic heterocycles. The number of carbonyl (C=O) groups excluding carboxylic acids is 1. The van der Waals surface area contributed by atoms with E-state index < -0.39 is 5.82 Å². The lowest BCUT2D eigenvalue weighted by Gasteiger charge is -2.31. The number of aromatic nitrogens is 1. The predicted molar refractivity (Wildman–Crippen MR) is 74.3 cm³/mol. The summed E-state index contributed by atoms with van der Waals surface area (Å²) in [5.41, 5.74) is 0.0687. The molecule has 20 heavy (non-hydrogen) atoms. The van der Waals surface area contributed by atoms with Gasteiger partial charge in [-0.3, -0.25) is 4.79 Å². The number of piperidine rings is 1. The summed E-state index contributed by atoms with van der Waals surface area (Å²) in [5, 5.41) is 2.64. The molecule has 1 aromatic heterocycles. The summed E-state index contributed by atoms with van der Waals surface area (Å²) >= 11 is 0. The second kappa shape index (κ2) is 6.65. The first-order valence-corrected chi connectivity index (χ1v) is 6.90. The van der Waals surface area contributed by atoms with Crippen LogP contribution in [0.15, 0.2) is 12.3 Å². The molecule has 0 radical (unpaired) electrons. The van der Waals surface area contributed by atoms with E-state index in [1.807, 2.05) is 6.92 Å². The fourth-order valence-corrected chi connectivity index (χ4v) is 2.41. The molecule has 1 aromatic rings. The number of hydrogen-bond acceptors (Lipinski definition) is 4. The van der Waals surface area contributed by atoms with Crippen molar-refractivity contribution in [3.05, 3.63) is 23.6 Å². The van der Waals surface area contributed by atoms with E-state index in [9.17, 15) is 9.18 Å². The van der Waals surface area contributed by atoms with Gasteiger partial charge in [0.15, 0.2) is 11.6 Å². The van der Waals surface area contributed by atoms with Gasteiger partial charge in [-0.1, -0.05) is 0 Å². The lowest BCUT2D eigenvalue weighted by atomic mass is 10.1. The van der Waals surface area contributed by atoms with Crippen molar-refractivity contribution in [2.45, 2.75) is 25.9 Å². The first-order valence-electron chi connectivity index (χ1n) is 6.90. The molecule has 5 nitrogen and oxygen atoms in total. The molecule has 0 saturated carbocycles. The lowest BCUT2D eigenvalue weighted by molar-refractivity contribution is 0.0144. The van der Waals surface area contributed by atoms with Crippen molar-refractivity contribution in [1.29, 1.82) is 0 Å². The Morgan fingerprint density at radius 2 is 2.25 bits per heavy atom. The van der Waals surface area contributed by atoms with E-state index in [0.717, 1.165) is 12.8 Å². The molecule has 0 spiro atoms. The molecular weight excluding hydrogens is 261 g/mol. The molecule has 0 bridgehead atoms. The van der Waals surface area contributed by atoms with Crippen LogP contribution in [0.4, 0.5) is 10.2 Å². The van der Waals surface area contributed by atoms with Gasteiger partial charge in [-0.25, -0.2) is 9.37 Å². The van der Waals surface area contributed by atoms with Crippen LogP contribution in [0.1, 0.15) is 30.1 Å². The van der Waals surface area contributed by atoms with Crippen molar-refractivity contribution >= 4 is 11.7 Å². The van der Waals surface area contributed by atoms with Crippen LogP contribution in [0.2, 0.25) is 0 Å². The van der Waals surface area contributed by atoms with Crippen LogP contribution in [0.5, 0.6) is 0 Å². The van der Waals surface area contributed by atoms with Crippen molar-refractivity contribution < 1.29 is 13.9 Å². The van der Waals surface area contributed by atoms with E-state index >= 15 is 0 Å². The third-order valence-electron chi connectivity index (χ3n) is 3.49. The fraction of sp³-hybridized carbons (Fsp3) is 0.571. The summed E-state index contributed by atoms with van der Waals surface area (Å²) in [6.45, 7) is 3.84. The largest absolute Gasteiger partial charge is 0.378 e. The number of nitrogens with one attached hydrogen (secondary N) is 1. The topological polar surface area (TPSA) is 54.5 Å². The molecule has 1 aliphatic rings. The Balaban J connectivity index is 2.06. The van der Waals surface area contributed by atoms with Gasteiger partial charge in [-0.15, -0.1) is 0 Å². The Labute approximate surface area is 118 Å². The first kappa shape index (κ1) is 14.7. The Kier molecular flexibility index (Phi) is 4.89. The summed E-state index contributed by atoms with van der Waals surface area (Å²) in [6.07, 6.45) is 3.24. The number of halogens is 1. The van der Waals surface area contributed by atoms with Crippen molar-refractivity contribution in [3.63, 3.8) is 0 Å². The highest BCUT2D eigenvalue weighted by Crippen LogP contribution is 2.20. The van der Waals surface area contributed by atoms with E-state index in [4.69, 9.17) is 4.74 Å². The second-order valence-corrected chi connectivity index (χ2v) is 4.72. The zero-order valence-corrected chi connectivity index (χ0v) is 11.9. The zero-order valence-electron chi connectivity index (χ0n) is 11.9. The summed E-state index contributed by atoms with van der Waals surface area (Å²) in [7, 11) is 1.58. The van der Waals surface area contributed by atoms with Gasteiger partial charge >= 0.3 is 0 Å². The van der Waals surface area contributed by atoms with E-state index in [-0.39, 0.29) is 23.4 Å². The summed E-state index contributed by atoms with van der Waals surface area (Å²) in [4.78, 5) is 17.9. The number of hydrogen-bond donors (Lipinski definition) is 1. The maximum Gasteiger partial charge on any atom is 0.257 e. The smallest absolute Gasteiger partial charge is 0.257 e. The highest BCUT2D eigenvalue weighted by atomic mass is 19.1. The minimum atomic E-state index is -0.591. The van der Waals surface area contributed by atoms with Crippen LogP contribution in [0.25, 0.3) is 0 Å². The average molecular weight is 281 g/mol. The minimum Gasteiger partial charge on any atom is -0.378 e. The molecule has 1 N–H and O–H groups in total. The fourth-order valence-electron chi connectivity index (χ4n) is 2.41. The number of pyridine rings is 1. The van der Waals surface area contributed by atoms with E-state index in [1.165, 1.54) is 12.3 Å². The second-order valence-electron chi connectivity index (χ2n) is 4.72. The molecule has 1 saturated heterocycles. The van der Waals surface area contributed by atoms with Gasteiger partial charge in [0.25, 0.3) is 5.91 Å². The Hall–Kier alpha value is -1.69. The molecule has 2 heterocycles. The van der Waals surface area contributed by atoms with E-state index in [2.05, 4.69) is 10.3 Å². The molecule has 1 fully saturated rings. The highest BCUT2D eigenvalue weighted by Gasteiger charge is 2.26. The van der Waals surface area contributed by atoms with E-state index in [1.54, 1.807) is 11.9 Å². The Morgan fingerprint density at radius 1 is 1.55 bits per heavy atom. The molecule has 6 heteroatoms. The first-order chi connectivity index (χ1) is 9.67. The third kappa shape index (κ3) is 3.07. The van der Waals surface area contributed by atoms with Gasteiger partial charge in [-0.05, 0) is 25.8 Å². The van der Waals surface area contributed by atoms with Crippen LogP contribution < -0.4 is 5.32 Å². The predicted octanol–water partition coefficient (Wildman–Crippen LogP) is 1.90. The van der Waals surface area contributed by atoms with Gasteiger partial charge in [0, 0.05) is 32.9 Å². The number of likely N-dealkylation sites (tertiary alicyclic amines) is 1.